The zero-order valence-corrected chi connectivity index (χ0v) is 10.9. The first-order valence-electron chi connectivity index (χ1n) is 4.38. The maximum Gasteiger partial charge on any atom is 0.148 e. The number of hydrogen-bond acceptors (Lipinski definition) is 5. The lowest BCUT2D eigenvalue weighted by atomic mass is 10.5. The van der Waals surface area contributed by atoms with Crippen LogP contribution < -0.4 is 0 Å². The van der Waals surface area contributed by atoms with E-state index in [4.69, 9.17) is 0 Å². The Hall–Kier alpha value is -0.650. The van der Waals surface area contributed by atoms with E-state index in [1.165, 1.54) is 4.88 Å². The van der Waals surface area contributed by atoms with Crippen LogP contribution in [0.2, 0.25) is 0 Å². The highest BCUT2D eigenvalue weighted by Gasteiger charge is 2.05. The van der Waals surface area contributed by atoms with Gasteiger partial charge in [-0.3, -0.25) is 0 Å². The summed E-state index contributed by atoms with van der Waals surface area (Å²) in [4.78, 5) is 10.1. The van der Waals surface area contributed by atoms with Crippen molar-refractivity contribution in [3.63, 3.8) is 0 Å². The van der Waals surface area contributed by atoms with Gasteiger partial charge in [0.25, 0.3) is 0 Å². The highest BCUT2D eigenvalue weighted by atomic mass is 32.2. The van der Waals surface area contributed by atoms with E-state index in [9.17, 15) is 0 Å². The van der Waals surface area contributed by atoms with Crippen LogP contribution in [0.1, 0.15) is 9.88 Å². The molecule has 0 aliphatic carbocycles. The number of aliphatic imine (C=N–C) groups is 1. The molecule has 0 atom stereocenters. The number of nitrogens with zero attached hydrogens (tertiary/aromatic N) is 2. The van der Waals surface area contributed by atoms with E-state index in [1.54, 1.807) is 34.4 Å². The molecule has 0 bridgehead atoms. The Morgan fingerprint density at radius 3 is 2.87 bits per heavy atom. The third kappa shape index (κ3) is 2.68. The monoisotopic (exact) mass is 254 g/mol. The maximum atomic E-state index is 4.59. The van der Waals surface area contributed by atoms with E-state index in [2.05, 4.69) is 23.0 Å². The Bertz CT molecular complexity index is 457. The van der Waals surface area contributed by atoms with Crippen LogP contribution in [0.3, 0.4) is 0 Å². The van der Waals surface area contributed by atoms with Gasteiger partial charge in [-0.25, -0.2) is 9.98 Å². The molecule has 0 unspecified atom stereocenters. The van der Waals surface area contributed by atoms with Gasteiger partial charge in [-0.1, -0.05) is 0 Å². The number of thiophene rings is 1. The minimum Gasteiger partial charge on any atom is -0.242 e. The van der Waals surface area contributed by atoms with Crippen LogP contribution in [-0.4, -0.2) is 16.3 Å². The molecule has 5 heteroatoms. The highest BCUT2D eigenvalue weighted by Crippen LogP contribution is 2.27. The van der Waals surface area contributed by atoms with Crippen molar-refractivity contribution in [1.82, 2.24) is 4.98 Å². The van der Waals surface area contributed by atoms with Crippen LogP contribution in [0.15, 0.2) is 28.7 Å². The van der Waals surface area contributed by atoms with Crippen molar-refractivity contribution in [2.45, 2.75) is 6.92 Å². The summed E-state index contributed by atoms with van der Waals surface area (Å²) in [5, 5.41) is 5.01. The molecular weight excluding hydrogens is 244 g/mol. The predicted octanol–water partition coefficient (Wildman–Crippen LogP) is 3.95. The van der Waals surface area contributed by atoms with E-state index in [0.717, 1.165) is 15.1 Å². The van der Waals surface area contributed by atoms with Crippen molar-refractivity contribution < 1.29 is 0 Å². The van der Waals surface area contributed by atoms with Crippen LogP contribution in [0, 0.1) is 6.92 Å². The van der Waals surface area contributed by atoms with E-state index in [0.29, 0.717) is 0 Å². The number of hydrogen-bond donors (Lipinski definition) is 0. The third-order valence-corrected chi connectivity index (χ3v) is 4.22. The lowest BCUT2D eigenvalue weighted by molar-refractivity contribution is 1.39. The second kappa shape index (κ2) is 4.92. The van der Waals surface area contributed by atoms with Crippen molar-refractivity contribution >= 4 is 44.5 Å². The molecule has 15 heavy (non-hydrogen) atoms. The van der Waals surface area contributed by atoms with Gasteiger partial charge < -0.3 is 0 Å². The molecule has 0 saturated heterocycles. The lowest BCUT2D eigenvalue weighted by Crippen LogP contribution is -1.91. The molecule has 0 radical (unpaired) electrons. The first kappa shape index (κ1) is 10.9. The molecular formula is C10H10N2S3. The summed E-state index contributed by atoms with van der Waals surface area (Å²) in [7, 11) is 0. The average molecular weight is 254 g/mol. The minimum atomic E-state index is 0.992. The zero-order valence-electron chi connectivity index (χ0n) is 8.43. The Labute approximate surface area is 101 Å². The topological polar surface area (TPSA) is 25.2 Å². The molecule has 0 saturated carbocycles. The zero-order chi connectivity index (χ0) is 10.7. The van der Waals surface area contributed by atoms with Crippen LogP contribution >= 0.6 is 34.4 Å². The van der Waals surface area contributed by atoms with Crippen LogP contribution in [0.25, 0.3) is 0 Å². The van der Waals surface area contributed by atoms with E-state index >= 15 is 0 Å². The van der Waals surface area contributed by atoms with Crippen LogP contribution in [-0.2, 0) is 0 Å². The summed E-state index contributed by atoms with van der Waals surface area (Å²) < 4.78 is 0. The standard InChI is InChI=1S/C10H10N2S3/c1-7-3-4-8(15-7)12-10(13-2)9-11-5-6-14-9/h3-6H,1-2H3/b12-10-. The fourth-order valence-electron chi connectivity index (χ4n) is 1.09. The Kier molecular flexibility index (Phi) is 3.56. The first-order chi connectivity index (χ1) is 7.29. The lowest BCUT2D eigenvalue weighted by Gasteiger charge is -1.96. The molecule has 78 valence electrons. The summed E-state index contributed by atoms with van der Waals surface area (Å²) in [6, 6.07) is 4.13. The smallest absolute Gasteiger partial charge is 0.148 e. The summed E-state index contributed by atoms with van der Waals surface area (Å²) in [5.74, 6) is 0. The molecule has 0 fully saturated rings. The van der Waals surface area contributed by atoms with E-state index < -0.39 is 0 Å². The first-order valence-corrected chi connectivity index (χ1v) is 7.30. The molecule has 2 aromatic heterocycles. The second-order valence-corrected chi connectivity index (χ2v) is 5.80. The largest absolute Gasteiger partial charge is 0.242 e. The van der Waals surface area contributed by atoms with Crippen molar-refractivity contribution in [1.29, 1.82) is 0 Å². The SMILES string of the molecule is CS/C(=N\c1ccc(C)s1)c1nccs1. The fraction of sp³-hybridized carbons (Fsp3) is 0.200. The quantitative estimate of drug-likeness (QED) is 0.599. The van der Waals surface area contributed by atoms with Crippen molar-refractivity contribution in [3.05, 3.63) is 33.6 Å². The second-order valence-electron chi connectivity index (χ2n) is 2.84. The van der Waals surface area contributed by atoms with Crippen LogP contribution in [0.5, 0.6) is 0 Å². The molecule has 0 aromatic carbocycles. The molecule has 0 spiro atoms. The van der Waals surface area contributed by atoms with Gasteiger partial charge in [0, 0.05) is 16.5 Å². The van der Waals surface area contributed by atoms with Gasteiger partial charge in [-0.2, -0.15) is 0 Å². The normalized spacial score (nSPS) is 12.0. The average Bonchev–Trinajstić information content (AvgIpc) is 2.85. The van der Waals surface area contributed by atoms with Gasteiger partial charge in [0.05, 0.1) is 0 Å². The number of rotatable bonds is 2. The molecule has 2 rings (SSSR count). The number of thioether (sulfide) groups is 1. The van der Waals surface area contributed by atoms with Crippen molar-refractivity contribution in [3.8, 4) is 0 Å². The third-order valence-electron chi connectivity index (χ3n) is 1.75. The Morgan fingerprint density at radius 2 is 2.33 bits per heavy atom. The van der Waals surface area contributed by atoms with Crippen LogP contribution in [0.4, 0.5) is 5.00 Å². The molecule has 2 nitrogen and oxygen atoms in total. The van der Waals surface area contributed by atoms with E-state index in [-0.39, 0.29) is 0 Å². The van der Waals surface area contributed by atoms with Gasteiger partial charge in [0.1, 0.15) is 15.1 Å². The highest BCUT2D eigenvalue weighted by molar-refractivity contribution is 8.14. The summed E-state index contributed by atoms with van der Waals surface area (Å²) >= 11 is 4.96. The molecule has 0 aliphatic heterocycles. The van der Waals surface area contributed by atoms with Crippen molar-refractivity contribution in [2.24, 2.45) is 4.99 Å². The number of thiazole rings is 1. The number of aryl methyl sites for hydroxylation is 1. The Morgan fingerprint density at radius 1 is 1.47 bits per heavy atom. The van der Waals surface area contributed by atoms with Gasteiger partial charge in [-0.05, 0) is 25.3 Å². The van der Waals surface area contributed by atoms with E-state index in [1.807, 2.05) is 23.9 Å². The molecule has 2 heterocycles. The molecule has 0 N–H and O–H groups in total. The van der Waals surface area contributed by atoms with Gasteiger partial charge in [0.15, 0.2) is 0 Å². The minimum absolute atomic E-state index is 0.992. The molecule has 2 aromatic rings. The predicted molar refractivity (Wildman–Crippen MR) is 70.9 cm³/mol. The summed E-state index contributed by atoms with van der Waals surface area (Å²) in [6.45, 7) is 2.09. The fourth-order valence-corrected chi connectivity index (χ4v) is 3.22. The number of aromatic nitrogens is 1. The van der Waals surface area contributed by atoms with Gasteiger partial charge in [-0.15, -0.1) is 34.4 Å². The molecule has 0 aliphatic rings. The summed E-state index contributed by atoms with van der Waals surface area (Å²) in [5.41, 5.74) is 0. The maximum absolute atomic E-state index is 4.59. The van der Waals surface area contributed by atoms with Gasteiger partial charge in [0.2, 0.25) is 0 Å². The van der Waals surface area contributed by atoms with Crippen molar-refractivity contribution in [2.75, 3.05) is 6.26 Å². The van der Waals surface area contributed by atoms with Gasteiger partial charge >= 0.3 is 0 Å². The molecule has 0 amide bonds. The summed E-state index contributed by atoms with van der Waals surface area (Å²) in [6.07, 6.45) is 3.84. The Balaban J connectivity index is 2.31.